The number of rotatable bonds is 3. The first-order chi connectivity index (χ1) is 9.04. The maximum atomic E-state index is 13.5. The Labute approximate surface area is 116 Å². The van der Waals surface area contributed by atoms with Gasteiger partial charge < -0.3 is 0 Å². The highest BCUT2D eigenvalue weighted by atomic mass is 79.9. The first-order valence-electron chi connectivity index (χ1n) is 5.37. The third-order valence-electron chi connectivity index (χ3n) is 2.21. The summed E-state index contributed by atoms with van der Waals surface area (Å²) in [6.07, 6.45) is 1.31. The quantitative estimate of drug-likeness (QED) is 0.673. The lowest BCUT2D eigenvalue weighted by molar-refractivity contribution is 0.625. The van der Waals surface area contributed by atoms with Crippen LogP contribution in [-0.2, 0) is 0 Å². The minimum absolute atomic E-state index is 0.207. The summed E-state index contributed by atoms with van der Waals surface area (Å²) in [6, 6.07) is 5.99. The smallest absolute Gasteiger partial charge is 0.252 e. The Kier molecular flexibility index (Phi) is 4.06. The van der Waals surface area contributed by atoms with Crippen LogP contribution in [0.5, 0.6) is 0 Å². The van der Waals surface area contributed by atoms with Crippen molar-refractivity contribution in [1.82, 2.24) is 9.97 Å². The van der Waals surface area contributed by atoms with Gasteiger partial charge in [-0.2, -0.15) is 5.10 Å². The van der Waals surface area contributed by atoms with Crippen molar-refractivity contribution in [2.24, 2.45) is 5.10 Å². The van der Waals surface area contributed by atoms with E-state index in [1.807, 2.05) is 0 Å². The van der Waals surface area contributed by atoms with Crippen LogP contribution in [0.15, 0.2) is 38.6 Å². The van der Waals surface area contributed by atoms with Crippen LogP contribution in [0.2, 0.25) is 0 Å². The van der Waals surface area contributed by atoms with Gasteiger partial charge in [0, 0.05) is 21.8 Å². The summed E-state index contributed by atoms with van der Waals surface area (Å²) in [7, 11) is 0. The van der Waals surface area contributed by atoms with Crippen LogP contribution in [0.1, 0.15) is 11.3 Å². The second-order valence-corrected chi connectivity index (χ2v) is 4.69. The van der Waals surface area contributed by atoms with E-state index in [9.17, 15) is 9.18 Å². The number of nitrogens with zero attached hydrogens (tertiary/aromatic N) is 2. The average molecular weight is 325 g/mol. The molecule has 0 radical (unpaired) electrons. The van der Waals surface area contributed by atoms with Gasteiger partial charge in [-0.25, -0.2) is 14.8 Å². The molecule has 1 heterocycles. The Morgan fingerprint density at radius 2 is 2.26 bits per heavy atom. The highest BCUT2D eigenvalue weighted by molar-refractivity contribution is 9.10. The van der Waals surface area contributed by atoms with E-state index < -0.39 is 5.82 Å². The summed E-state index contributed by atoms with van der Waals surface area (Å²) in [5.41, 5.74) is 3.15. The zero-order chi connectivity index (χ0) is 13.8. The van der Waals surface area contributed by atoms with Crippen molar-refractivity contribution < 1.29 is 4.39 Å². The number of halogens is 2. The molecule has 2 N–H and O–H groups in total. The van der Waals surface area contributed by atoms with Crippen LogP contribution >= 0.6 is 15.9 Å². The second kappa shape index (κ2) is 5.75. The normalized spacial score (nSPS) is 10.9. The minimum Gasteiger partial charge on any atom is -0.291 e. The van der Waals surface area contributed by atoms with Crippen LogP contribution in [-0.4, -0.2) is 16.2 Å². The maximum absolute atomic E-state index is 13.5. The van der Waals surface area contributed by atoms with Crippen LogP contribution in [0.3, 0.4) is 0 Å². The molecule has 5 nitrogen and oxygen atoms in total. The molecule has 0 aliphatic rings. The molecular weight excluding hydrogens is 315 g/mol. The van der Waals surface area contributed by atoms with Crippen molar-refractivity contribution in [1.29, 1.82) is 0 Å². The Morgan fingerprint density at radius 3 is 2.95 bits per heavy atom. The minimum atomic E-state index is -0.398. The second-order valence-electron chi connectivity index (χ2n) is 3.77. The molecule has 19 heavy (non-hydrogen) atoms. The molecule has 0 aliphatic carbocycles. The fraction of sp³-hybridized carbons (Fsp3) is 0.0833. The number of aromatic amines is 1. The molecule has 2 rings (SSSR count). The average Bonchev–Trinajstić information content (AvgIpc) is 2.30. The molecule has 1 aromatic carbocycles. The van der Waals surface area contributed by atoms with Gasteiger partial charge in [0.15, 0.2) is 0 Å². The highest BCUT2D eigenvalue weighted by Gasteiger charge is 2.00. The molecule has 0 unspecified atom stereocenters. The number of aromatic nitrogens is 2. The largest absolute Gasteiger partial charge is 0.291 e. The van der Waals surface area contributed by atoms with Crippen molar-refractivity contribution in [2.75, 3.05) is 5.43 Å². The number of hydrogen-bond acceptors (Lipinski definition) is 4. The number of anilines is 1. The maximum Gasteiger partial charge on any atom is 0.252 e. The SMILES string of the molecule is Cc1cc(=O)[nH]c(N/N=C\c2ccc(Br)cc2F)n1. The van der Waals surface area contributed by atoms with Gasteiger partial charge in [-0.3, -0.25) is 9.78 Å². The van der Waals surface area contributed by atoms with Gasteiger partial charge in [0.2, 0.25) is 5.95 Å². The molecule has 98 valence electrons. The van der Waals surface area contributed by atoms with Gasteiger partial charge in [-0.15, -0.1) is 0 Å². The number of nitrogens with one attached hydrogen (secondary N) is 2. The van der Waals surface area contributed by atoms with E-state index in [1.54, 1.807) is 19.1 Å². The molecular formula is C12H10BrFN4O. The predicted octanol–water partition coefficient (Wildman–Crippen LogP) is 2.43. The molecule has 0 spiro atoms. The fourth-order valence-electron chi connectivity index (χ4n) is 1.40. The lowest BCUT2D eigenvalue weighted by atomic mass is 10.2. The summed E-state index contributed by atoms with van der Waals surface area (Å²) in [5, 5.41) is 3.82. The Hall–Kier alpha value is -2.02. The number of benzene rings is 1. The first kappa shape index (κ1) is 13.4. The molecule has 1 aromatic heterocycles. The van der Waals surface area contributed by atoms with Gasteiger partial charge in [-0.05, 0) is 25.1 Å². The molecule has 0 bridgehead atoms. The molecule has 7 heteroatoms. The van der Waals surface area contributed by atoms with Crippen molar-refractivity contribution in [3.05, 3.63) is 56.2 Å². The van der Waals surface area contributed by atoms with Crippen molar-refractivity contribution in [3.8, 4) is 0 Å². The highest BCUT2D eigenvalue weighted by Crippen LogP contribution is 2.13. The Morgan fingerprint density at radius 1 is 1.47 bits per heavy atom. The summed E-state index contributed by atoms with van der Waals surface area (Å²) in [4.78, 5) is 17.7. The Bertz CT molecular complexity index is 684. The van der Waals surface area contributed by atoms with Gasteiger partial charge in [-0.1, -0.05) is 15.9 Å². The third-order valence-corrected chi connectivity index (χ3v) is 2.70. The fourth-order valence-corrected chi connectivity index (χ4v) is 1.73. The summed E-state index contributed by atoms with van der Waals surface area (Å²) < 4.78 is 14.1. The number of hydrazone groups is 1. The van der Waals surface area contributed by atoms with Crippen LogP contribution in [0.25, 0.3) is 0 Å². The lowest BCUT2D eigenvalue weighted by Gasteiger charge is -2.00. The van der Waals surface area contributed by atoms with E-state index in [4.69, 9.17) is 0 Å². The molecule has 0 fully saturated rings. The number of aryl methyl sites for hydroxylation is 1. The zero-order valence-electron chi connectivity index (χ0n) is 9.95. The monoisotopic (exact) mass is 324 g/mol. The molecule has 0 saturated heterocycles. The van der Waals surface area contributed by atoms with Crippen LogP contribution < -0.4 is 11.0 Å². The first-order valence-corrected chi connectivity index (χ1v) is 6.16. The van der Waals surface area contributed by atoms with E-state index in [0.717, 1.165) is 0 Å². The van der Waals surface area contributed by atoms with Gasteiger partial charge in [0.05, 0.1) is 6.21 Å². The van der Waals surface area contributed by atoms with Crippen LogP contribution in [0, 0.1) is 12.7 Å². The predicted molar refractivity (Wildman–Crippen MR) is 74.9 cm³/mol. The number of H-pyrrole nitrogens is 1. The van der Waals surface area contributed by atoms with E-state index in [2.05, 4.69) is 36.4 Å². The van der Waals surface area contributed by atoms with Crippen molar-refractivity contribution in [3.63, 3.8) is 0 Å². The van der Waals surface area contributed by atoms with Gasteiger partial charge in [0.25, 0.3) is 5.56 Å². The van der Waals surface area contributed by atoms with E-state index in [0.29, 0.717) is 15.7 Å². The number of hydrogen-bond donors (Lipinski definition) is 2. The zero-order valence-corrected chi connectivity index (χ0v) is 11.5. The van der Waals surface area contributed by atoms with Crippen molar-refractivity contribution in [2.45, 2.75) is 6.92 Å². The molecule has 0 aliphatic heterocycles. The lowest BCUT2D eigenvalue weighted by Crippen LogP contribution is -2.10. The standard InChI is InChI=1S/C12H10BrFN4O/c1-7-4-11(19)17-12(16-7)18-15-6-8-2-3-9(13)5-10(8)14/h2-6H,1H3,(H2,16,17,18,19)/b15-6-. The molecule has 0 saturated carbocycles. The topological polar surface area (TPSA) is 70.1 Å². The molecule has 0 atom stereocenters. The van der Waals surface area contributed by atoms with E-state index >= 15 is 0 Å². The third kappa shape index (κ3) is 3.72. The van der Waals surface area contributed by atoms with Crippen molar-refractivity contribution >= 4 is 28.1 Å². The van der Waals surface area contributed by atoms with E-state index in [1.165, 1.54) is 18.3 Å². The summed E-state index contributed by atoms with van der Waals surface area (Å²) in [5.74, 6) is -0.190. The molecule has 2 aromatic rings. The summed E-state index contributed by atoms with van der Waals surface area (Å²) >= 11 is 3.17. The summed E-state index contributed by atoms with van der Waals surface area (Å²) in [6.45, 7) is 1.69. The van der Waals surface area contributed by atoms with E-state index in [-0.39, 0.29) is 11.5 Å². The van der Waals surface area contributed by atoms with Crippen LogP contribution in [0.4, 0.5) is 10.3 Å². The van der Waals surface area contributed by atoms with Gasteiger partial charge in [0.1, 0.15) is 5.82 Å². The Balaban J connectivity index is 2.13. The molecule has 0 amide bonds. The van der Waals surface area contributed by atoms with Gasteiger partial charge >= 0.3 is 0 Å².